The number of carbonyl (C=O) groups excluding carboxylic acids is 1. The molecule has 1 aromatic carbocycles. The Morgan fingerprint density at radius 3 is 2.94 bits per heavy atom. The highest BCUT2D eigenvalue weighted by molar-refractivity contribution is 7.80. The molecular formula is C22H24ClN5O2S2. The Labute approximate surface area is 201 Å². The minimum Gasteiger partial charge on any atom is -0.462 e. The molecule has 168 valence electrons. The fraction of sp³-hybridized carbons (Fsp3) is 0.364. The number of nitrogens with zero attached hydrogens (tertiary/aromatic N) is 3. The number of esters is 1. The van der Waals surface area contributed by atoms with Crippen molar-refractivity contribution >= 4 is 57.2 Å². The maximum atomic E-state index is 12.7. The van der Waals surface area contributed by atoms with Gasteiger partial charge in [-0.05, 0) is 68.1 Å². The highest BCUT2D eigenvalue weighted by Gasteiger charge is 2.26. The zero-order valence-corrected chi connectivity index (χ0v) is 20.1. The average Bonchev–Trinajstić information content (AvgIpc) is 3.24. The lowest BCUT2D eigenvalue weighted by Gasteiger charge is -2.10. The fourth-order valence-corrected chi connectivity index (χ4v) is 5.49. The van der Waals surface area contributed by atoms with Gasteiger partial charge < -0.3 is 10.1 Å². The fourth-order valence-electron chi connectivity index (χ4n) is 3.74. The van der Waals surface area contributed by atoms with Crippen molar-refractivity contribution in [3.05, 3.63) is 57.2 Å². The molecule has 4 rings (SSSR count). The first kappa shape index (κ1) is 22.7. The minimum atomic E-state index is -0.305. The predicted molar refractivity (Wildman–Crippen MR) is 132 cm³/mol. The number of aromatic nitrogens is 3. The molecule has 0 bridgehead atoms. The number of ether oxygens (including phenoxy) is 1. The van der Waals surface area contributed by atoms with Crippen LogP contribution in [0.2, 0.25) is 5.02 Å². The van der Waals surface area contributed by atoms with Crippen molar-refractivity contribution in [2.24, 2.45) is 0 Å². The topological polar surface area (TPSA) is 81.1 Å². The van der Waals surface area contributed by atoms with E-state index >= 15 is 0 Å². The van der Waals surface area contributed by atoms with Crippen molar-refractivity contribution in [2.45, 2.75) is 45.6 Å². The van der Waals surface area contributed by atoms with Crippen LogP contribution in [-0.2, 0) is 24.1 Å². The van der Waals surface area contributed by atoms with Crippen molar-refractivity contribution in [1.29, 1.82) is 0 Å². The third kappa shape index (κ3) is 5.46. The van der Waals surface area contributed by atoms with Crippen molar-refractivity contribution in [3.8, 4) is 0 Å². The van der Waals surface area contributed by atoms with Gasteiger partial charge in [0, 0.05) is 9.90 Å². The Balaban J connectivity index is 1.46. The van der Waals surface area contributed by atoms with E-state index in [0.29, 0.717) is 39.8 Å². The van der Waals surface area contributed by atoms with Crippen molar-refractivity contribution < 1.29 is 9.53 Å². The van der Waals surface area contributed by atoms with Crippen molar-refractivity contribution in [3.63, 3.8) is 0 Å². The van der Waals surface area contributed by atoms with E-state index in [1.807, 2.05) is 31.2 Å². The van der Waals surface area contributed by atoms with Gasteiger partial charge in [0.05, 0.1) is 18.7 Å². The molecule has 2 aromatic heterocycles. The first-order chi connectivity index (χ1) is 15.5. The smallest absolute Gasteiger partial charge is 0.341 e. The summed E-state index contributed by atoms with van der Waals surface area (Å²) in [6, 6.07) is 7.60. The summed E-state index contributed by atoms with van der Waals surface area (Å²) in [5.74, 6) is 0.0708. The molecule has 2 heterocycles. The van der Waals surface area contributed by atoms with Crippen LogP contribution in [0.15, 0.2) is 30.6 Å². The average molecular weight is 490 g/mol. The third-order valence-electron chi connectivity index (χ3n) is 5.12. The number of benzene rings is 1. The van der Waals surface area contributed by atoms with Crippen LogP contribution in [0, 0.1) is 0 Å². The number of nitrogens with one attached hydrogen (secondary N) is 2. The molecule has 0 amide bonds. The van der Waals surface area contributed by atoms with E-state index < -0.39 is 0 Å². The second kappa shape index (κ2) is 10.4. The van der Waals surface area contributed by atoms with Gasteiger partial charge >= 0.3 is 5.97 Å². The largest absolute Gasteiger partial charge is 0.462 e. The molecule has 0 saturated carbocycles. The number of hydrogen-bond donors (Lipinski definition) is 2. The van der Waals surface area contributed by atoms with Gasteiger partial charge in [-0.15, -0.1) is 16.4 Å². The van der Waals surface area contributed by atoms with Crippen molar-refractivity contribution in [1.82, 2.24) is 14.8 Å². The highest BCUT2D eigenvalue weighted by atomic mass is 35.5. The predicted octanol–water partition coefficient (Wildman–Crippen LogP) is 5.30. The van der Waals surface area contributed by atoms with Gasteiger partial charge in [0.2, 0.25) is 5.95 Å². The Morgan fingerprint density at radius 2 is 2.12 bits per heavy atom. The summed E-state index contributed by atoms with van der Waals surface area (Å²) in [6.45, 7) is 2.69. The summed E-state index contributed by atoms with van der Waals surface area (Å²) in [7, 11) is 0. The Hall–Kier alpha value is -2.49. The van der Waals surface area contributed by atoms with E-state index in [9.17, 15) is 4.79 Å². The number of aryl methyl sites for hydroxylation is 1. The maximum Gasteiger partial charge on any atom is 0.341 e. The van der Waals surface area contributed by atoms with E-state index in [0.717, 1.165) is 36.8 Å². The Morgan fingerprint density at radius 1 is 1.28 bits per heavy atom. The number of carbonyl (C=O) groups is 1. The van der Waals surface area contributed by atoms with E-state index in [-0.39, 0.29) is 5.97 Å². The molecule has 1 aliphatic carbocycles. The molecule has 0 spiro atoms. The van der Waals surface area contributed by atoms with E-state index in [4.69, 9.17) is 28.6 Å². The molecule has 1 aliphatic rings. The van der Waals surface area contributed by atoms with Gasteiger partial charge in [0.15, 0.2) is 5.11 Å². The van der Waals surface area contributed by atoms with Crippen LogP contribution < -0.4 is 10.6 Å². The number of thiophene rings is 1. The molecule has 10 heteroatoms. The lowest BCUT2D eigenvalue weighted by atomic mass is 10.1. The van der Waals surface area contributed by atoms with Crippen LogP contribution in [0.5, 0.6) is 0 Å². The quantitative estimate of drug-likeness (QED) is 0.276. The molecule has 0 aliphatic heterocycles. The first-order valence-corrected chi connectivity index (χ1v) is 12.2. The van der Waals surface area contributed by atoms with Gasteiger partial charge in [-0.1, -0.05) is 30.2 Å². The lowest BCUT2D eigenvalue weighted by Crippen LogP contribution is -2.21. The summed E-state index contributed by atoms with van der Waals surface area (Å²) in [5.41, 5.74) is 2.73. The molecule has 0 unspecified atom stereocenters. The standard InChI is InChI=1S/C22H24ClN5O2S2/c1-2-30-20(29)18-16-9-4-3-5-10-17(16)32-19(18)25-22(31)26-21-24-13-28(27-21)12-14-7-6-8-15(23)11-14/h6-8,11,13H,2-5,9-10,12H2,1H3,(H2,25,26,27,31). The normalized spacial score (nSPS) is 13.2. The van der Waals surface area contributed by atoms with Gasteiger partial charge in [-0.25, -0.2) is 14.5 Å². The number of rotatable bonds is 6. The molecule has 3 aromatic rings. The summed E-state index contributed by atoms with van der Waals surface area (Å²) in [5, 5.41) is 12.3. The summed E-state index contributed by atoms with van der Waals surface area (Å²) >= 11 is 13.1. The van der Waals surface area contributed by atoms with Gasteiger partial charge in [-0.3, -0.25) is 5.32 Å². The van der Waals surface area contributed by atoms with Gasteiger partial charge in [0.25, 0.3) is 0 Å². The molecular weight excluding hydrogens is 466 g/mol. The van der Waals surface area contributed by atoms with E-state index in [2.05, 4.69) is 20.7 Å². The molecule has 0 radical (unpaired) electrons. The van der Waals surface area contributed by atoms with Crippen LogP contribution in [0.3, 0.4) is 0 Å². The first-order valence-electron chi connectivity index (χ1n) is 10.6. The second-order valence-electron chi connectivity index (χ2n) is 7.46. The molecule has 32 heavy (non-hydrogen) atoms. The van der Waals surface area contributed by atoms with Gasteiger partial charge in [0.1, 0.15) is 11.3 Å². The molecule has 0 saturated heterocycles. The van der Waals surface area contributed by atoms with Crippen molar-refractivity contribution in [2.75, 3.05) is 17.2 Å². The minimum absolute atomic E-state index is 0.305. The molecule has 0 atom stereocenters. The second-order valence-corrected chi connectivity index (χ2v) is 9.41. The number of hydrogen-bond acceptors (Lipinski definition) is 6. The zero-order valence-electron chi connectivity index (χ0n) is 17.7. The zero-order chi connectivity index (χ0) is 22.5. The Kier molecular flexibility index (Phi) is 7.39. The summed E-state index contributed by atoms with van der Waals surface area (Å²) in [4.78, 5) is 18.2. The third-order valence-corrected chi connectivity index (χ3v) is 6.77. The molecule has 2 N–H and O–H groups in total. The number of anilines is 2. The SMILES string of the molecule is CCOC(=O)c1c(NC(=S)Nc2ncn(Cc3cccc(Cl)c3)n2)sc2c1CCCCC2. The van der Waals surface area contributed by atoms with Crippen LogP contribution >= 0.6 is 35.2 Å². The summed E-state index contributed by atoms with van der Waals surface area (Å²) < 4.78 is 7.03. The number of thiocarbonyl (C=S) groups is 1. The van der Waals surface area contributed by atoms with Crippen LogP contribution in [0.4, 0.5) is 10.9 Å². The van der Waals surface area contributed by atoms with Crippen LogP contribution in [-0.4, -0.2) is 32.5 Å². The van der Waals surface area contributed by atoms with Gasteiger partial charge in [-0.2, -0.15) is 0 Å². The Bertz CT molecular complexity index is 1130. The number of halogens is 1. The lowest BCUT2D eigenvalue weighted by molar-refractivity contribution is 0.0527. The maximum absolute atomic E-state index is 12.7. The number of fused-ring (bicyclic) bond motifs is 1. The van der Waals surface area contributed by atoms with E-state index in [1.165, 1.54) is 11.3 Å². The summed E-state index contributed by atoms with van der Waals surface area (Å²) in [6.07, 6.45) is 6.87. The monoisotopic (exact) mass is 489 g/mol. The highest BCUT2D eigenvalue weighted by Crippen LogP contribution is 2.38. The molecule has 0 fully saturated rings. The molecule has 7 nitrogen and oxygen atoms in total. The van der Waals surface area contributed by atoms with E-state index in [1.54, 1.807) is 22.3 Å². The van der Waals surface area contributed by atoms with Crippen LogP contribution in [0.25, 0.3) is 0 Å². The van der Waals surface area contributed by atoms with Crippen LogP contribution in [0.1, 0.15) is 52.5 Å².